The molecule has 16 nitrogen and oxygen atoms in total. The zero-order valence-corrected chi connectivity index (χ0v) is 68.7. The fourth-order valence-electron chi connectivity index (χ4n) is 19.9. The van der Waals surface area contributed by atoms with Gasteiger partial charge in [0.15, 0.2) is 0 Å². The average molecular weight is 1640 g/mol. The van der Waals surface area contributed by atoms with Crippen LogP contribution < -0.4 is 0 Å². The summed E-state index contributed by atoms with van der Waals surface area (Å²) in [5.74, 6) is 2.73. The van der Waals surface area contributed by atoms with Crippen molar-refractivity contribution in [2.45, 2.75) is 0 Å². The monoisotopic (exact) mass is 1640 g/mol. The number of hydrogen-bond donors (Lipinski definition) is 0. The molecular formula is C112H72N16. The van der Waals surface area contributed by atoms with Crippen molar-refractivity contribution in [2.75, 3.05) is 0 Å². The quantitative estimate of drug-likeness (QED) is 0.146. The maximum absolute atomic E-state index is 4.62. The van der Waals surface area contributed by atoms with Gasteiger partial charge in [0.05, 0.1) is 88.3 Å². The van der Waals surface area contributed by atoms with Gasteiger partial charge in [0.2, 0.25) is 23.8 Å². The van der Waals surface area contributed by atoms with E-state index in [9.17, 15) is 0 Å². The van der Waals surface area contributed by atoms with Gasteiger partial charge in [-0.25, -0.2) is 39.9 Å². The summed E-state index contributed by atoms with van der Waals surface area (Å²) in [7, 11) is 0. The number of hydrogen-bond acceptors (Lipinski definition) is 8. The lowest BCUT2D eigenvalue weighted by Crippen LogP contribution is -2.00. The van der Waals surface area contributed by atoms with E-state index < -0.39 is 0 Å². The van der Waals surface area contributed by atoms with Crippen LogP contribution >= 0.6 is 0 Å². The molecular weight excluding hydrogens is 1570 g/mol. The average Bonchev–Trinajstić information content (AvgIpc) is 1.55. The Bertz CT molecular complexity index is 8530. The van der Waals surface area contributed by atoms with Gasteiger partial charge in [0.1, 0.15) is 0 Å². The lowest BCUT2D eigenvalue weighted by molar-refractivity contribution is 0.988. The highest BCUT2D eigenvalue weighted by molar-refractivity contribution is 6.31. The second kappa shape index (κ2) is 30.1. The summed E-state index contributed by atoms with van der Waals surface area (Å²) in [6.07, 6.45) is 14.4. The number of rotatable bonds is 8. The minimum absolute atomic E-state index is 0.681. The van der Waals surface area contributed by atoms with Gasteiger partial charge in [-0.1, -0.05) is 231 Å². The molecule has 0 atom stereocenters. The van der Waals surface area contributed by atoms with Crippen molar-refractivity contribution >= 4 is 174 Å². The molecule has 12 heterocycles. The normalized spacial score (nSPS) is 11.8. The lowest BCUT2D eigenvalue weighted by atomic mass is 10.1. The lowest BCUT2D eigenvalue weighted by Gasteiger charge is -2.09. The minimum Gasteiger partial charge on any atom is -0.309 e. The fraction of sp³-hybridized carbons (Fsp3) is 0. The molecule has 0 amide bonds. The molecule has 0 spiro atoms. The van der Waals surface area contributed by atoms with Crippen LogP contribution in [-0.2, 0) is 0 Å². The van der Waals surface area contributed by atoms with E-state index in [-0.39, 0.29) is 0 Å². The summed E-state index contributed by atoms with van der Waals surface area (Å²) in [4.78, 5) is 36.6. The van der Waals surface area contributed by atoms with Crippen LogP contribution in [-0.4, -0.2) is 76.4 Å². The Labute approximate surface area is 730 Å². The molecule has 12 aromatic heterocycles. The van der Waals surface area contributed by atoms with Crippen molar-refractivity contribution in [3.8, 4) is 46.5 Å². The van der Waals surface area contributed by atoms with Crippen LogP contribution in [0.1, 0.15) is 0 Å². The van der Waals surface area contributed by atoms with Gasteiger partial charge in [-0.2, -0.15) is 0 Å². The molecule has 28 aromatic rings. The summed E-state index contributed by atoms with van der Waals surface area (Å²) in [6.45, 7) is 0. The maximum atomic E-state index is 4.62. The highest BCUT2D eigenvalue weighted by Gasteiger charge is 2.27. The van der Waals surface area contributed by atoms with Crippen LogP contribution in [0.4, 0.5) is 0 Å². The van der Waals surface area contributed by atoms with E-state index >= 15 is 0 Å². The van der Waals surface area contributed by atoms with Crippen molar-refractivity contribution in [3.63, 3.8) is 0 Å². The van der Waals surface area contributed by atoms with Crippen LogP contribution in [0.2, 0.25) is 0 Å². The van der Waals surface area contributed by atoms with E-state index in [0.717, 1.165) is 66.9 Å². The number of aromatic nitrogens is 16. The third-order valence-corrected chi connectivity index (χ3v) is 24.9. The van der Waals surface area contributed by atoms with Gasteiger partial charge in [0, 0.05) is 159 Å². The molecule has 0 aliphatic heterocycles. The zero-order chi connectivity index (χ0) is 84.3. The van der Waals surface area contributed by atoms with Gasteiger partial charge in [-0.15, -0.1) is 0 Å². The Hall–Kier alpha value is -17.8. The minimum atomic E-state index is 0.681. The molecule has 0 saturated heterocycles. The first-order valence-corrected chi connectivity index (χ1v) is 42.8. The van der Waals surface area contributed by atoms with E-state index in [1.165, 1.54) is 130 Å². The van der Waals surface area contributed by atoms with Gasteiger partial charge in [0.25, 0.3) is 0 Å². The Kier molecular flexibility index (Phi) is 17.2. The second-order valence-corrected chi connectivity index (χ2v) is 31.8. The third kappa shape index (κ3) is 11.5. The smallest absolute Gasteiger partial charge is 0.234 e. The zero-order valence-electron chi connectivity index (χ0n) is 68.7. The first kappa shape index (κ1) is 73.0. The van der Waals surface area contributed by atoms with Crippen molar-refractivity contribution in [1.82, 2.24) is 76.4 Å². The summed E-state index contributed by atoms with van der Waals surface area (Å²) in [5, 5.41) is 19.6. The third-order valence-electron chi connectivity index (χ3n) is 24.9. The molecule has 128 heavy (non-hydrogen) atoms. The number of benzene rings is 16. The topological polar surface area (TPSA) is 143 Å². The predicted octanol–water partition coefficient (Wildman–Crippen LogP) is 26.7. The van der Waals surface area contributed by atoms with Gasteiger partial charge >= 0.3 is 0 Å². The predicted molar refractivity (Wildman–Crippen MR) is 523 cm³/mol. The van der Waals surface area contributed by atoms with Crippen LogP contribution in [0.25, 0.3) is 221 Å². The summed E-state index contributed by atoms with van der Waals surface area (Å²) < 4.78 is 18.1. The Morgan fingerprint density at radius 1 is 0.125 bits per heavy atom. The molecule has 0 radical (unpaired) electrons. The number of para-hydroxylation sites is 12. The summed E-state index contributed by atoms with van der Waals surface area (Å²) in [5.41, 5.74) is 23.0. The molecule has 0 N–H and O–H groups in total. The van der Waals surface area contributed by atoms with Gasteiger partial charge in [-0.3, -0.25) is 18.3 Å². The van der Waals surface area contributed by atoms with Crippen LogP contribution in [0.3, 0.4) is 0 Å². The molecule has 0 saturated carbocycles. The SMILES string of the molecule is c1ccc(-n2c3ccccc3c3c2ccc2c4ccccc4n(-c4ncccn4)c23)cc1.c1ccc(-n2c3ccccc3c3c4c5ccccc5n(-c5ncccn5)c4ccc32)cc1.c1ccc(-n2c3ccccc3c3cc4c5ccccc5n(-c5ncccn5)c4cc32)cc1.c1ccc(-n2c3ccccc3c3ccc4c(c5ccccc5n4-c4ncccn4)c32)cc1. The van der Waals surface area contributed by atoms with E-state index in [1.807, 2.05) is 24.3 Å². The fourth-order valence-corrected chi connectivity index (χ4v) is 19.9. The molecule has 0 fully saturated rings. The standard InChI is InChI=1S/4C28H18N4/c1-2-9-19(10-3-1)31-24-14-7-5-12-22(24)26-25(31)16-15-21-20-11-4-6-13-23(20)32(27(21)26)28-29-17-8-18-30-28;1-2-9-19(10-3-1)31-23-13-6-4-11-20(23)21-15-16-25-26(27(21)31)22-12-5-7-14-24(22)32(25)28-29-17-8-18-30-28;1-2-9-19(10-3-1)31-22-13-6-4-11-20(22)26-24(31)15-16-25-27(26)21-12-5-7-14-23(21)32(25)28-29-17-8-18-30-28;1-2-9-19(10-3-1)31-24-13-6-4-11-20(24)22-17-23-21-12-5-7-14-25(21)32(27(23)18-26(22)31)28-29-15-8-16-30-28/h4*1-18H. The van der Waals surface area contributed by atoms with Gasteiger partial charge < -0.3 is 18.3 Å². The van der Waals surface area contributed by atoms with Crippen LogP contribution in [0, 0.1) is 0 Å². The second-order valence-electron chi connectivity index (χ2n) is 31.8. The summed E-state index contributed by atoms with van der Waals surface area (Å²) >= 11 is 0. The highest BCUT2D eigenvalue weighted by Crippen LogP contribution is 2.47. The molecule has 16 heteroatoms. The first-order chi connectivity index (χ1) is 63.6. The van der Waals surface area contributed by atoms with Crippen molar-refractivity contribution < 1.29 is 0 Å². The van der Waals surface area contributed by atoms with Crippen LogP contribution in [0.15, 0.2) is 438 Å². The van der Waals surface area contributed by atoms with Crippen molar-refractivity contribution in [2.24, 2.45) is 0 Å². The largest absolute Gasteiger partial charge is 0.309 e. The Balaban J connectivity index is 0.0000000926. The van der Waals surface area contributed by atoms with Gasteiger partial charge in [-0.05, 0) is 158 Å². The Morgan fingerprint density at radius 2 is 0.344 bits per heavy atom. The van der Waals surface area contributed by atoms with Crippen molar-refractivity contribution in [3.05, 3.63) is 438 Å². The molecule has 0 unspecified atom stereocenters. The summed E-state index contributed by atoms with van der Waals surface area (Å²) in [6, 6.07) is 136. The Morgan fingerprint density at radius 3 is 0.719 bits per heavy atom. The molecule has 0 aliphatic carbocycles. The molecule has 600 valence electrons. The van der Waals surface area contributed by atoms with E-state index in [4.69, 9.17) is 0 Å². The molecule has 16 aromatic carbocycles. The number of nitrogens with zero attached hydrogens (tertiary/aromatic N) is 16. The molecule has 0 aliphatic rings. The first-order valence-electron chi connectivity index (χ1n) is 42.8. The highest BCUT2D eigenvalue weighted by atomic mass is 15.2. The maximum Gasteiger partial charge on any atom is 0.234 e. The van der Waals surface area contributed by atoms with E-state index in [0.29, 0.717) is 23.8 Å². The molecule has 28 rings (SSSR count). The number of fused-ring (bicyclic) bond motifs is 27. The van der Waals surface area contributed by atoms with Crippen molar-refractivity contribution in [1.29, 1.82) is 0 Å². The van der Waals surface area contributed by atoms with E-state index in [2.05, 4.69) is 440 Å². The van der Waals surface area contributed by atoms with Crippen LogP contribution in [0.5, 0.6) is 0 Å². The molecule has 0 bridgehead atoms. The van der Waals surface area contributed by atoms with E-state index in [1.54, 1.807) is 49.6 Å².